The molecule has 11 nitrogen and oxygen atoms in total. The van der Waals surface area contributed by atoms with Crippen molar-refractivity contribution in [1.29, 1.82) is 0 Å². The number of benzene rings is 1. The number of halogens is 1. The highest BCUT2D eigenvalue weighted by Gasteiger charge is 2.48. The molecule has 4 fully saturated rings. The number of urea groups is 1. The van der Waals surface area contributed by atoms with Gasteiger partial charge in [-0.25, -0.2) is 19.2 Å². The van der Waals surface area contributed by atoms with Crippen molar-refractivity contribution in [2.24, 2.45) is 11.3 Å². The van der Waals surface area contributed by atoms with E-state index in [0.717, 1.165) is 77.8 Å². The van der Waals surface area contributed by atoms with Gasteiger partial charge in [-0.15, -0.1) is 0 Å². The summed E-state index contributed by atoms with van der Waals surface area (Å²) in [6.07, 6.45) is 9.77. The first-order valence-corrected chi connectivity index (χ1v) is 18.4. The average molecular weight is 694 g/mol. The molecule has 0 bridgehead atoms. The molecule has 1 saturated carbocycles. The number of aromatic nitrogens is 2. The van der Waals surface area contributed by atoms with Crippen LogP contribution in [-0.4, -0.2) is 113 Å². The van der Waals surface area contributed by atoms with Crippen molar-refractivity contribution in [3.8, 4) is 11.5 Å². The topological polar surface area (TPSA) is 103 Å². The number of hydrogen-bond donors (Lipinski definition) is 1. The third-order valence-electron chi connectivity index (χ3n) is 11.5. The lowest BCUT2D eigenvalue weighted by Gasteiger charge is -2.55. The molecule has 0 unspecified atom stereocenters. The van der Waals surface area contributed by atoms with Crippen LogP contribution in [-0.2, 0) is 4.74 Å². The zero-order valence-electron chi connectivity index (χ0n) is 31.0. The Morgan fingerprint density at radius 3 is 2.38 bits per heavy atom. The van der Waals surface area contributed by atoms with E-state index in [1.54, 1.807) is 18.2 Å². The van der Waals surface area contributed by atoms with Gasteiger partial charge in [0.1, 0.15) is 17.9 Å². The maximum atomic E-state index is 14.4. The van der Waals surface area contributed by atoms with Gasteiger partial charge in [-0.3, -0.25) is 4.79 Å². The maximum Gasteiger partial charge on any atom is 0.318 e. The molecule has 2 aromatic rings. The van der Waals surface area contributed by atoms with Gasteiger partial charge in [0.05, 0.1) is 29.4 Å². The zero-order valence-corrected chi connectivity index (χ0v) is 31.0. The number of amides is 3. The van der Waals surface area contributed by atoms with Crippen LogP contribution in [0.5, 0.6) is 11.5 Å². The molecule has 12 heteroatoms. The number of ether oxygens (including phenoxy) is 2. The molecule has 274 valence electrons. The highest BCUT2D eigenvalue weighted by atomic mass is 19.1. The Hall–Kier alpha value is -3.51. The van der Waals surface area contributed by atoms with Crippen LogP contribution in [0.4, 0.5) is 15.0 Å². The molecule has 1 aliphatic carbocycles. The average Bonchev–Trinajstić information content (AvgIpc) is 3.35. The Balaban J connectivity index is 1.01. The predicted molar refractivity (Wildman–Crippen MR) is 191 cm³/mol. The first kappa shape index (κ1) is 36.3. The van der Waals surface area contributed by atoms with Crippen LogP contribution >= 0.6 is 0 Å². The van der Waals surface area contributed by atoms with Gasteiger partial charge in [-0.1, -0.05) is 0 Å². The van der Waals surface area contributed by atoms with E-state index in [4.69, 9.17) is 9.47 Å². The summed E-state index contributed by atoms with van der Waals surface area (Å²) >= 11 is 0. The molecule has 4 heterocycles. The molecule has 0 atom stereocenters. The smallest absolute Gasteiger partial charge is 0.318 e. The fourth-order valence-corrected chi connectivity index (χ4v) is 8.64. The van der Waals surface area contributed by atoms with Crippen LogP contribution in [0.1, 0.15) is 90.4 Å². The Morgan fingerprint density at radius 2 is 1.74 bits per heavy atom. The summed E-state index contributed by atoms with van der Waals surface area (Å²) in [7, 11) is 1.70. The van der Waals surface area contributed by atoms with Crippen LogP contribution in [0.3, 0.4) is 0 Å². The molecule has 1 aromatic carbocycles. The molecule has 1 N–H and O–H groups in total. The Morgan fingerprint density at radius 1 is 1.06 bits per heavy atom. The number of likely N-dealkylation sites (tertiary alicyclic amines) is 1. The van der Waals surface area contributed by atoms with Crippen LogP contribution in [0.15, 0.2) is 30.7 Å². The van der Waals surface area contributed by atoms with Crippen molar-refractivity contribution in [3.63, 3.8) is 0 Å². The number of piperidine rings is 1. The summed E-state index contributed by atoms with van der Waals surface area (Å²) in [6.45, 7) is 18.3. The minimum absolute atomic E-state index is 0.0417. The quantitative estimate of drug-likeness (QED) is 0.308. The third kappa shape index (κ3) is 7.71. The molecule has 6 rings (SSSR count). The number of hydrogen-bond acceptors (Lipinski definition) is 8. The Bertz CT molecular complexity index is 1520. The van der Waals surface area contributed by atoms with Crippen LogP contribution in [0.25, 0.3) is 0 Å². The summed E-state index contributed by atoms with van der Waals surface area (Å²) in [5.74, 6) is 1.34. The first-order valence-electron chi connectivity index (χ1n) is 18.4. The summed E-state index contributed by atoms with van der Waals surface area (Å²) in [5, 5.41) is 3.34. The van der Waals surface area contributed by atoms with Gasteiger partial charge in [0.2, 0.25) is 0 Å². The van der Waals surface area contributed by atoms with E-state index in [1.807, 2.05) is 46.4 Å². The fraction of sp³-hybridized carbons (Fsp3) is 0.684. The predicted octanol–water partition coefficient (Wildman–Crippen LogP) is 5.95. The molecule has 50 heavy (non-hydrogen) atoms. The largest absolute Gasteiger partial charge is 0.451 e. The van der Waals surface area contributed by atoms with E-state index in [9.17, 15) is 14.0 Å². The number of carbonyl (C=O) groups excluding carboxylic acids is 2. The lowest BCUT2D eigenvalue weighted by Crippen LogP contribution is -2.61. The van der Waals surface area contributed by atoms with Crippen molar-refractivity contribution in [1.82, 2.24) is 30.0 Å². The number of anilines is 1. The molecule has 4 aliphatic rings. The maximum absolute atomic E-state index is 14.4. The van der Waals surface area contributed by atoms with E-state index >= 15 is 0 Å². The van der Waals surface area contributed by atoms with Crippen molar-refractivity contribution in [3.05, 3.63) is 42.1 Å². The van der Waals surface area contributed by atoms with Crippen LogP contribution in [0.2, 0.25) is 0 Å². The summed E-state index contributed by atoms with van der Waals surface area (Å²) in [6, 6.07) is 4.01. The molecular weight excluding hydrogens is 637 g/mol. The summed E-state index contributed by atoms with van der Waals surface area (Å²) in [4.78, 5) is 43.7. The minimum Gasteiger partial charge on any atom is -0.451 e. The second kappa shape index (κ2) is 14.3. The number of nitrogens with zero attached hydrogens (tertiary/aromatic N) is 6. The van der Waals surface area contributed by atoms with Gasteiger partial charge in [-0.2, -0.15) is 0 Å². The standard InChI is InChI=1S/C38H56FN7O4/c1-26(2)46(27(3)4)34(47)30-18-29(39)8-9-31(30)50-32-19-40-25-41-33(32)44-22-37(23-44)14-16-43(17-15-37)20-28-10-12-38(13-11-28)24-45(35(48)42-38)21-36(5,6)49-7/h8-9,18-19,25-28H,10-17,20-24H2,1-7H3,(H,42,48). The highest BCUT2D eigenvalue weighted by Crippen LogP contribution is 2.45. The molecule has 2 spiro atoms. The zero-order chi connectivity index (χ0) is 35.8. The third-order valence-corrected chi connectivity index (χ3v) is 11.5. The van der Waals surface area contributed by atoms with Gasteiger partial charge in [-0.05, 0) is 117 Å². The van der Waals surface area contributed by atoms with E-state index < -0.39 is 5.82 Å². The van der Waals surface area contributed by atoms with Crippen LogP contribution < -0.4 is 15.0 Å². The van der Waals surface area contributed by atoms with Gasteiger partial charge in [0.15, 0.2) is 11.6 Å². The molecule has 3 amide bonds. The van der Waals surface area contributed by atoms with E-state index in [0.29, 0.717) is 29.8 Å². The second-order valence-electron chi connectivity index (χ2n) is 16.5. The van der Waals surface area contributed by atoms with Crippen molar-refractivity contribution in [2.45, 2.75) is 103 Å². The molecule has 0 radical (unpaired) electrons. The van der Waals surface area contributed by atoms with Gasteiger partial charge in [0.25, 0.3) is 5.91 Å². The molecule has 3 saturated heterocycles. The van der Waals surface area contributed by atoms with Crippen molar-refractivity contribution < 1.29 is 23.5 Å². The van der Waals surface area contributed by atoms with Crippen molar-refractivity contribution >= 4 is 17.8 Å². The minimum atomic E-state index is -0.488. The van der Waals surface area contributed by atoms with E-state index in [-0.39, 0.29) is 46.1 Å². The normalized spacial score (nSPS) is 23.9. The van der Waals surface area contributed by atoms with E-state index in [2.05, 4.69) is 25.1 Å². The van der Waals surface area contributed by atoms with Crippen molar-refractivity contribution in [2.75, 3.05) is 57.8 Å². The van der Waals surface area contributed by atoms with Gasteiger partial charge < -0.3 is 34.4 Å². The van der Waals surface area contributed by atoms with Gasteiger partial charge >= 0.3 is 6.03 Å². The number of carbonyl (C=O) groups is 2. The van der Waals surface area contributed by atoms with E-state index in [1.165, 1.54) is 24.5 Å². The lowest BCUT2D eigenvalue weighted by atomic mass is 9.71. The summed E-state index contributed by atoms with van der Waals surface area (Å²) < 4.78 is 26.3. The Kier molecular flexibility index (Phi) is 10.3. The monoisotopic (exact) mass is 693 g/mol. The molecule has 3 aliphatic heterocycles. The SMILES string of the molecule is COC(C)(C)CN1CC2(CCC(CN3CCC4(CC3)CN(c3ncncc3Oc3ccc(F)cc3C(=O)N(C(C)C)C(C)C)C4)CC2)NC1=O. The number of nitrogens with one attached hydrogen (secondary N) is 1. The van der Waals surface area contributed by atoms with Crippen LogP contribution in [0, 0.1) is 17.2 Å². The number of methoxy groups -OCH3 is 1. The Labute approximate surface area is 296 Å². The lowest BCUT2D eigenvalue weighted by molar-refractivity contribution is 0.00199. The first-order chi connectivity index (χ1) is 23.7. The highest BCUT2D eigenvalue weighted by molar-refractivity contribution is 5.97. The number of rotatable bonds is 11. The van der Waals surface area contributed by atoms with Gasteiger partial charge in [0, 0.05) is 50.8 Å². The molecular formula is C38H56FN7O4. The molecule has 1 aromatic heterocycles. The summed E-state index contributed by atoms with van der Waals surface area (Å²) in [5.41, 5.74) is -0.0238. The fourth-order valence-electron chi connectivity index (χ4n) is 8.64. The second-order valence-corrected chi connectivity index (χ2v) is 16.5.